The molecule has 3 heteroatoms. The normalized spacial score (nSPS) is 17.9. The average Bonchev–Trinajstić information content (AvgIpc) is 2.97. The third-order valence-corrected chi connectivity index (χ3v) is 4.93. The summed E-state index contributed by atoms with van der Waals surface area (Å²) in [5.74, 6) is 0.278. The highest BCUT2D eigenvalue weighted by atomic mass is 32.1. The molecule has 0 N–H and O–H groups in total. The van der Waals surface area contributed by atoms with Crippen molar-refractivity contribution in [3.8, 4) is 0 Å². The van der Waals surface area contributed by atoms with E-state index in [0.29, 0.717) is 12.5 Å². The van der Waals surface area contributed by atoms with E-state index in [1.807, 2.05) is 11.0 Å². The molecule has 0 saturated heterocycles. The van der Waals surface area contributed by atoms with Crippen molar-refractivity contribution in [1.82, 2.24) is 4.90 Å². The Kier molecular flexibility index (Phi) is 3.88. The van der Waals surface area contributed by atoms with Crippen LogP contribution in [0, 0.1) is 0 Å². The van der Waals surface area contributed by atoms with Crippen molar-refractivity contribution in [2.24, 2.45) is 0 Å². The van der Waals surface area contributed by atoms with E-state index < -0.39 is 0 Å². The molecule has 1 aliphatic rings. The zero-order valence-electron chi connectivity index (χ0n) is 11.7. The first-order chi connectivity index (χ1) is 9.74. The molecule has 2 aromatic rings. The second-order valence-corrected chi connectivity index (χ2v) is 6.46. The highest BCUT2D eigenvalue weighted by Crippen LogP contribution is 2.24. The van der Waals surface area contributed by atoms with Gasteiger partial charge in [0.15, 0.2) is 0 Å². The van der Waals surface area contributed by atoms with Crippen LogP contribution in [0.1, 0.15) is 29.3 Å². The fourth-order valence-corrected chi connectivity index (χ4v) is 3.55. The quantitative estimate of drug-likeness (QED) is 0.843. The number of carbonyl (C=O) groups excluding carboxylic acids is 1. The van der Waals surface area contributed by atoms with Gasteiger partial charge >= 0.3 is 0 Å². The van der Waals surface area contributed by atoms with Gasteiger partial charge < -0.3 is 4.90 Å². The largest absolute Gasteiger partial charge is 0.335 e. The Hall–Kier alpha value is -1.61. The number of carbonyl (C=O) groups is 1. The van der Waals surface area contributed by atoms with E-state index in [9.17, 15) is 4.79 Å². The lowest BCUT2D eigenvalue weighted by Gasteiger charge is -2.35. The maximum absolute atomic E-state index is 12.4. The Balaban J connectivity index is 1.66. The summed E-state index contributed by atoms with van der Waals surface area (Å²) in [6.07, 6.45) is 2.45. The molecular formula is C17H19NOS. The van der Waals surface area contributed by atoms with Crippen LogP contribution in [-0.4, -0.2) is 16.8 Å². The predicted octanol–water partition coefficient (Wildman–Crippen LogP) is 3.65. The molecule has 3 rings (SSSR count). The van der Waals surface area contributed by atoms with Crippen molar-refractivity contribution in [3.63, 3.8) is 0 Å². The van der Waals surface area contributed by atoms with Gasteiger partial charge in [0.05, 0.1) is 0 Å². The highest BCUT2D eigenvalue weighted by Gasteiger charge is 2.26. The van der Waals surface area contributed by atoms with Gasteiger partial charge in [0.1, 0.15) is 0 Å². The summed E-state index contributed by atoms with van der Waals surface area (Å²) in [5.41, 5.74) is 2.69. The van der Waals surface area contributed by atoms with Gasteiger partial charge in [-0.25, -0.2) is 0 Å². The highest BCUT2D eigenvalue weighted by molar-refractivity contribution is 7.09. The molecule has 20 heavy (non-hydrogen) atoms. The molecule has 104 valence electrons. The molecule has 1 aliphatic heterocycles. The van der Waals surface area contributed by atoms with Crippen molar-refractivity contribution >= 4 is 17.2 Å². The van der Waals surface area contributed by atoms with Crippen LogP contribution in [0.2, 0.25) is 0 Å². The van der Waals surface area contributed by atoms with E-state index in [2.05, 4.69) is 42.6 Å². The summed E-state index contributed by atoms with van der Waals surface area (Å²) in [6, 6.07) is 12.9. The van der Waals surface area contributed by atoms with Crippen LogP contribution < -0.4 is 0 Å². The van der Waals surface area contributed by atoms with Gasteiger partial charge in [-0.1, -0.05) is 30.3 Å². The van der Waals surface area contributed by atoms with Crippen LogP contribution in [0.3, 0.4) is 0 Å². The number of amides is 1. The lowest BCUT2D eigenvalue weighted by atomic mass is 9.94. The summed E-state index contributed by atoms with van der Waals surface area (Å²) in [5, 5.41) is 2.07. The molecule has 0 saturated carbocycles. The number of hydrogen-bond donors (Lipinski definition) is 0. The SMILES string of the molecule is CC1Cc2ccccc2CN1C(=O)CCc1cccs1. The van der Waals surface area contributed by atoms with E-state index in [1.54, 1.807) is 11.3 Å². The standard InChI is InChI=1S/C17H19NOS/c1-13-11-14-5-2-3-6-15(14)12-18(13)17(19)9-8-16-7-4-10-20-16/h2-7,10,13H,8-9,11-12H2,1H3. The van der Waals surface area contributed by atoms with Gasteiger partial charge in [0.2, 0.25) is 5.91 Å². The van der Waals surface area contributed by atoms with Crippen LogP contribution in [0.5, 0.6) is 0 Å². The second kappa shape index (κ2) is 5.80. The minimum absolute atomic E-state index is 0.278. The first-order valence-electron chi connectivity index (χ1n) is 7.12. The number of hydrogen-bond acceptors (Lipinski definition) is 2. The number of fused-ring (bicyclic) bond motifs is 1. The van der Waals surface area contributed by atoms with Gasteiger partial charge in [0.25, 0.3) is 0 Å². The molecule has 0 aliphatic carbocycles. The van der Waals surface area contributed by atoms with E-state index in [-0.39, 0.29) is 5.91 Å². The first kappa shape index (κ1) is 13.4. The van der Waals surface area contributed by atoms with Gasteiger partial charge in [-0.3, -0.25) is 4.79 Å². The summed E-state index contributed by atoms with van der Waals surface area (Å²) in [4.78, 5) is 15.8. The van der Waals surface area contributed by atoms with Crippen molar-refractivity contribution in [1.29, 1.82) is 0 Å². The van der Waals surface area contributed by atoms with Crippen molar-refractivity contribution in [3.05, 3.63) is 57.8 Å². The third-order valence-electron chi connectivity index (χ3n) is 3.99. The van der Waals surface area contributed by atoms with Crippen LogP contribution in [0.4, 0.5) is 0 Å². The fourth-order valence-electron chi connectivity index (χ4n) is 2.84. The van der Waals surface area contributed by atoms with Crippen LogP contribution in [-0.2, 0) is 24.2 Å². The maximum Gasteiger partial charge on any atom is 0.223 e. The summed E-state index contributed by atoms with van der Waals surface area (Å²) in [6.45, 7) is 2.92. The number of aryl methyl sites for hydroxylation is 1. The Bertz CT molecular complexity index is 591. The summed E-state index contributed by atoms with van der Waals surface area (Å²) < 4.78 is 0. The van der Waals surface area contributed by atoms with Crippen LogP contribution >= 0.6 is 11.3 Å². The number of thiophene rings is 1. The molecule has 1 aromatic heterocycles. The Morgan fingerprint density at radius 2 is 2.05 bits per heavy atom. The molecule has 1 atom stereocenters. The molecular weight excluding hydrogens is 266 g/mol. The third kappa shape index (κ3) is 2.78. The second-order valence-electron chi connectivity index (χ2n) is 5.42. The summed E-state index contributed by atoms with van der Waals surface area (Å²) >= 11 is 1.73. The van der Waals surface area contributed by atoms with Gasteiger partial charge in [0, 0.05) is 23.9 Å². The van der Waals surface area contributed by atoms with Gasteiger partial charge in [-0.2, -0.15) is 0 Å². The van der Waals surface area contributed by atoms with Crippen LogP contribution in [0.15, 0.2) is 41.8 Å². The monoisotopic (exact) mass is 285 g/mol. The van der Waals surface area contributed by atoms with E-state index in [1.165, 1.54) is 16.0 Å². The molecule has 1 amide bonds. The lowest BCUT2D eigenvalue weighted by molar-refractivity contribution is -0.134. The van der Waals surface area contributed by atoms with E-state index in [4.69, 9.17) is 0 Å². The van der Waals surface area contributed by atoms with Gasteiger partial charge in [-0.05, 0) is 42.3 Å². The maximum atomic E-state index is 12.4. The molecule has 1 aromatic carbocycles. The first-order valence-corrected chi connectivity index (χ1v) is 8.00. The Morgan fingerprint density at radius 1 is 1.25 bits per heavy atom. The predicted molar refractivity (Wildman–Crippen MR) is 82.8 cm³/mol. The zero-order valence-corrected chi connectivity index (χ0v) is 12.5. The molecule has 0 fully saturated rings. The van der Waals surface area contributed by atoms with Crippen molar-refractivity contribution in [2.45, 2.75) is 38.8 Å². The zero-order chi connectivity index (χ0) is 13.9. The summed E-state index contributed by atoms with van der Waals surface area (Å²) in [7, 11) is 0. The number of benzene rings is 1. The van der Waals surface area contributed by atoms with Crippen molar-refractivity contribution in [2.75, 3.05) is 0 Å². The fraction of sp³-hybridized carbons (Fsp3) is 0.353. The average molecular weight is 285 g/mol. The molecule has 2 nitrogen and oxygen atoms in total. The molecule has 0 spiro atoms. The van der Waals surface area contributed by atoms with Crippen LogP contribution in [0.25, 0.3) is 0 Å². The minimum Gasteiger partial charge on any atom is -0.335 e. The Morgan fingerprint density at radius 3 is 2.80 bits per heavy atom. The molecule has 0 bridgehead atoms. The van der Waals surface area contributed by atoms with Gasteiger partial charge in [-0.15, -0.1) is 11.3 Å². The van der Waals surface area contributed by atoms with E-state index >= 15 is 0 Å². The Labute approximate surface area is 124 Å². The minimum atomic E-state index is 0.278. The number of rotatable bonds is 3. The van der Waals surface area contributed by atoms with Crippen molar-refractivity contribution < 1.29 is 4.79 Å². The topological polar surface area (TPSA) is 20.3 Å². The lowest BCUT2D eigenvalue weighted by Crippen LogP contribution is -2.42. The molecule has 0 radical (unpaired) electrons. The van der Waals surface area contributed by atoms with E-state index in [0.717, 1.165) is 19.4 Å². The molecule has 2 heterocycles. The molecule has 1 unspecified atom stereocenters. The smallest absolute Gasteiger partial charge is 0.223 e. The number of nitrogens with zero attached hydrogens (tertiary/aromatic N) is 1.